The Kier molecular flexibility index (Phi) is 7.46. The first kappa shape index (κ1) is 18.2. The molecular weight excluding hydrogens is 268 g/mol. The van der Waals surface area contributed by atoms with E-state index >= 15 is 0 Å². The molecule has 0 aromatic rings. The van der Waals surface area contributed by atoms with Crippen molar-refractivity contribution in [3.05, 3.63) is 0 Å². The van der Waals surface area contributed by atoms with Gasteiger partial charge in [0.05, 0.1) is 6.61 Å². The zero-order valence-electron chi connectivity index (χ0n) is 14.3. The summed E-state index contributed by atoms with van der Waals surface area (Å²) < 4.78 is 10.8. The van der Waals surface area contributed by atoms with Crippen molar-refractivity contribution >= 4 is 6.09 Å². The third-order valence-electron chi connectivity index (χ3n) is 3.57. The van der Waals surface area contributed by atoms with Gasteiger partial charge in [0.25, 0.3) is 0 Å². The molecule has 0 bridgehead atoms. The summed E-state index contributed by atoms with van der Waals surface area (Å²) >= 11 is 0. The van der Waals surface area contributed by atoms with Gasteiger partial charge in [0, 0.05) is 31.8 Å². The number of hydrogen-bond donors (Lipinski definition) is 1. The average Bonchev–Trinajstić information content (AvgIpc) is 2.81. The lowest BCUT2D eigenvalue weighted by Gasteiger charge is -2.30. The molecule has 5 nitrogen and oxygen atoms in total. The van der Waals surface area contributed by atoms with Crippen molar-refractivity contribution in [2.24, 2.45) is 0 Å². The van der Waals surface area contributed by atoms with E-state index in [1.54, 1.807) is 0 Å². The van der Waals surface area contributed by atoms with Crippen LogP contribution >= 0.6 is 0 Å². The Hall–Kier alpha value is -0.810. The first-order valence-electron chi connectivity index (χ1n) is 8.14. The third kappa shape index (κ3) is 7.14. The van der Waals surface area contributed by atoms with Crippen LogP contribution in [0.15, 0.2) is 0 Å². The van der Waals surface area contributed by atoms with Crippen LogP contribution in [0, 0.1) is 0 Å². The van der Waals surface area contributed by atoms with Gasteiger partial charge in [0.1, 0.15) is 5.60 Å². The fourth-order valence-corrected chi connectivity index (χ4v) is 2.65. The Bertz CT molecular complexity index is 315. The number of nitrogens with one attached hydrogen (secondary N) is 1. The molecule has 1 N–H and O–H groups in total. The van der Waals surface area contributed by atoms with E-state index in [1.807, 2.05) is 32.6 Å². The number of carbonyl (C=O) groups is 1. The Morgan fingerprint density at radius 1 is 1.43 bits per heavy atom. The van der Waals surface area contributed by atoms with Crippen molar-refractivity contribution in [3.63, 3.8) is 0 Å². The minimum Gasteiger partial charge on any atom is -0.444 e. The minimum absolute atomic E-state index is 0.175. The van der Waals surface area contributed by atoms with Gasteiger partial charge >= 0.3 is 6.09 Å². The Morgan fingerprint density at radius 2 is 2.14 bits per heavy atom. The molecule has 1 saturated heterocycles. The molecule has 1 heterocycles. The van der Waals surface area contributed by atoms with Crippen molar-refractivity contribution in [1.29, 1.82) is 0 Å². The predicted octanol–water partition coefficient (Wildman–Crippen LogP) is 2.79. The Morgan fingerprint density at radius 3 is 2.76 bits per heavy atom. The fraction of sp³-hybridized carbons (Fsp3) is 0.938. The molecule has 21 heavy (non-hydrogen) atoms. The quantitative estimate of drug-likeness (QED) is 0.735. The number of ether oxygens (including phenoxy) is 2. The summed E-state index contributed by atoms with van der Waals surface area (Å²) in [6.07, 6.45) is 2.92. The maximum atomic E-state index is 12.2. The van der Waals surface area contributed by atoms with Gasteiger partial charge in [-0.25, -0.2) is 4.79 Å². The molecule has 1 aliphatic rings. The number of carbonyl (C=O) groups excluding carboxylic acids is 1. The van der Waals surface area contributed by atoms with Crippen LogP contribution in [0.1, 0.15) is 53.9 Å². The lowest BCUT2D eigenvalue weighted by Crippen LogP contribution is -2.43. The van der Waals surface area contributed by atoms with Crippen molar-refractivity contribution < 1.29 is 14.3 Å². The SMILES string of the molecule is CCOCCNC(C)CC1CCCN1C(=O)OC(C)(C)C. The molecule has 0 aliphatic carbocycles. The van der Waals surface area contributed by atoms with Crippen LogP contribution in [-0.4, -0.2) is 55.0 Å². The van der Waals surface area contributed by atoms with Crippen LogP contribution in [0.4, 0.5) is 4.79 Å². The van der Waals surface area contributed by atoms with Gasteiger partial charge in [-0.15, -0.1) is 0 Å². The van der Waals surface area contributed by atoms with Crippen LogP contribution in [0.3, 0.4) is 0 Å². The van der Waals surface area contributed by atoms with Gasteiger partial charge in [-0.3, -0.25) is 0 Å². The molecule has 1 fully saturated rings. The summed E-state index contributed by atoms with van der Waals surface area (Å²) in [5.41, 5.74) is -0.425. The summed E-state index contributed by atoms with van der Waals surface area (Å²) in [7, 11) is 0. The van der Waals surface area contributed by atoms with E-state index in [0.29, 0.717) is 6.04 Å². The molecule has 0 spiro atoms. The molecule has 2 unspecified atom stereocenters. The van der Waals surface area contributed by atoms with Gasteiger partial charge in [0.2, 0.25) is 0 Å². The smallest absolute Gasteiger partial charge is 0.410 e. The van der Waals surface area contributed by atoms with Crippen LogP contribution in [0.2, 0.25) is 0 Å². The normalized spacial score (nSPS) is 20.6. The van der Waals surface area contributed by atoms with E-state index in [2.05, 4.69) is 12.2 Å². The summed E-state index contributed by atoms with van der Waals surface area (Å²) in [5, 5.41) is 3.45. The van der Waals surface area contributed by atoms with E-state index < -0.39 is 5.60 Å². The number of hydrogen-bond acceptors (Lipinski definition) is 4. The molecule has 0 saturated carbocycles. The lowest BCUT2D eigenvalue weighted by atomic mass is 10.1. The molecule has 1 aliphatic heterocycles. The van der Waals surface area contributed by atoms with Crippen LogP contribution in [0.5, 0.6) is 0 Å². The average molecular weight is 300 g/mol. The molecule has 0 aromatic heterocycles. The van der Waals surface area contributed by atoms with Crippen molar-refractivity contribution in [3.8, 4) is 0 Å². The number of rotatable bonds is 7. The molecule has 1 amide bonds. The first-order chi connectivity index (χ1) is 9.83. The second-order valence-corrected chi connectivity index (χ2v) is 6.76. The summed E-state index contributed by atoms with van der Waals surface area (Å²) in [5.74, 6) is 0. The topological polar surface area (TPSA) is 50.8 Å². The maximum absolute atomic E-state index is 12.2. The van der Waals surface area contributed by atoms with Crippen LogP contribution in [-0.2, 0) is 9.47 Å². The lowest BCUT2D eigenvalue weighted by molar-refractivity contribution is 0.0214. The predicted molar refractivity (Wildman–Crippen MR) is 84.5 cm³/mol. The highest BCUT2D eigenvalue weighted by Crippen LogP contribution is 2.23. The monoisotopic (exact) mass is 300 g/mol. The molecule has 5 heteroatoms. The second kappa shape index (κ2) is 8.59. The van der Waals surface area contributed by atoms with Crippen molar-refractivity contribution in [2.75, 3.05) is 26.3 Å². The fourth-order valence-electron chi connectivity index (χ4n) is 2.65. The molecular formula is C16H32N2O3. The van der Waals surface area contributed by atoms with Gasteiger partial charge < -0.3 is 19.7 Å². The summed E-state index contributed by atoms with van der Waals surface area (Å²) in [6.45, 7) is 13.1. The molecule has 124 valence electrons. The second-order valence-electron chi connectivity index (χ2n) is 6.76. The highest BCUT2D eigenvalue weighted by molar-refractivity contribution is 5.68. The van der Waals surface area contributed by atoms with Gasteiger partial charge in [-0.05, 0) is 53.9 Å². The minimum atomic E-state index is -0.425. The zero-order chi connectivity index (χ0) is 15.9. The van der Waals surface area contributed by atoms with Crippen molar-refractivity contribution in [2.45, 2.75) is 71.6 Å². The third-order valence-corrected chi connectivity index (χ3v) is 3.57. The number of likely N-dealkylation sites (tertiary alicyclic amines) is 1. The van der Waals surface area contributed by atoms with E-state index in [0.717, 1.165) is 45.6 Å². The van der Waals surface area contributed by atoms with Crippen molar-refractivity contribution in [1.82, 2.24) is 10.2 Å². The number of amides is 1. The van der Waals surface area contributed by atoms with Crippen LogP contribution < -0.4 is 5.32 Å². The molecule has 2 atom stereocenters. The maximum Gasteiger partial charge on any atom is 0.410 e. The van der Waals surface area contributed by atoms with Crippen LogP contribution in [0.25, 0.3) is 0 Å². The van der Waals surface area contributed by atoms with Gasteiger partial charge in [-0.1, -0.05) is 0 Å². The summed E-state index contributed by atoms with van der Waals surface area (Å²) in [4.78, 5) is 14.1. The van der Waals surface area contributed by atoms with Gasteiger partial charge in [0.15, 0.2) is 0 Å². The van der Waals surface area contributed by atoms with E-state index in [-0.39, 0.29) is 12.1 Å². The van der Waals surface area contributed by atoms with E-state index in [4.69, 9.17) is 9.47 Å². The van der Waals surface area contributed by atoms with Gasteiger partial charge in [-0.2, -0.15) is 0 Å². The van der Waals surface area contributed by atoms with E-state index in [9.17, 15) is 4.79 Å². The summed E-state index contributed by atoms with van der Waals surface area (Å²) in [6, 6.07) is 0.660. The molecule has 0 radical (unpaired) electrons. The Labute approximate surface area is 129 Å². The Balaban J connectivity index is 2.37. The highest BCUT2D eigenvalue weighted by atomic mass is 16.6. The largest absolute Gasteiger partial charge is 0.444 e. The highest BCUT2D eigenvalue weighted by Gasteiger charge is 2.32. The van der Waals surface area contributed by atoms with E-state index in [1.165, 1.54) is 0 Å². The molecule has 1 rings (SSSR count). The molecule has 0 aromatic carbocycles. The number of nitrogens with zero attached hydrogens (tertiary/aromatic N) is 1. The zero-order valence-corrected chi connectivity index (χ0v) is 14.3. The standard InChI is InChI=1S/C16H32N2O3/c1-6-20-11-9-17-13(2)12-14-8-7-10-18(14)15(19)21-16(3,4)5/h13-14,17H,6-12H2,1-5H3. The first-order valence-corrected chi connectivity index (χ1v) is 8.14.